The fourth-order valence-electron chi connectivity index (χ4n) is 2.46. The third-order valence-electron chi connectivity index (χ3n) is 3.46. The molecule has 0 saturated carbocycles. The summed E-state index contributed by atoms with van der Waals surface area (Å²) >= 11 is 0. The summed E-state index contributed by atoms with van der Waals surface area (Å²) in [4.78, 5) is 30.5. The Morgan fingerprint density at radius 2 is 1.95 bits per heavy atom. The van der Waals surface area contributed by atoms with E-state index in [9.17, 15) is 9.59 Å². The molecule has 2 aromatic rings. The molecule has 0 fully saturated rings. The summed E-state index contributed by atoms with van der Waals surface area (Å²) in [5.41, 5.74) is 2.87. The number of fused-ring (bicyclic) bond motifs is 1. The topological polar surface area (TPSA) is 78.2 Å². The standard InChI is InChI=1S/C16H19N3O3/c1-16(2,3)22-15(21)19-7-6-11(9-19)10-4-5-12-13(8-10)18-14(20)17-12/h4-6,8H,7,9H2,1-3H3,(H2,17,18,20). The van der Waals surface area contributed by atoms with Gasteiger partial charge in [-0.2, -0.15) is 0 Å². The van der Waals surface area contributed by atoms with Gasteiger partial charge in [-0.25, -0.2) is 9.59 Å². The molecule has 2 heterocycles. The van der Waals surface area contributed by atoms with E-state index < -0.39 is 5.60 Å². The number of nitrogens with zero attached hydrogens (tertiary/aromatic N) is 1. The number of amides is 1. The van der Waals surface area contributed by atoms with Crippen LogP contribution in [-0.2, 0) is 4.74 Å². The van der Waals surface area contributed by atoms with Crippen LogP contribution < -0.4 is 5.69 Å². The van der Waals surface area contributed by atoms with Crippen molar-refractivity contribution in [3.63, 3.8) is 0 Å². The zero-order chi connectivity index (χ0) is 15.9. The van der Waals surface area contributed by atoms with E-state index in [0.29, 0.717) is 13.1 Å². The highest BCUT2D eigenvalue weighted by atomic mass is 16.6. The SMILES string of the molecule is CC(C)(C)OC(=O)N1CC=C(c2ccc3[nH]c(=O)[nH]c3c2)C1. The Labute approximate surface area is 127 Å². The van der Waals surface area contributed by atoms with Gasteiger partial charge in [-0.05, 0) is 44.0 Å². The van der Waals surface area contributed by atoms with Crippen molar-refractivity contribution < 1.29 is 9.53 Å². The number of hydrogen-bond acceptors (Lipinski definition) is 3. The zero-order valence-electron chi connectivity index (χ0n) is 12.9. The average molecular weight is 301 g/mol. The second-order valence-corrected chi connectivity index (χ2v) is 6.43. The number of carbonyl (C=O) groups is 1. The first kappa shape index (κ1) is 14.4. The van der Waals surface area contributed by atoms with Gasteiger partial charge in [-0.1, -0.05) is 12.1 Å². The number of benzene rings is 1. The summed E-state index contributed by atoms with van der Waals surface area (Å²) < 4.78 is 5.38. The van der Waals surface area contributed by atoms with Crippen LogP contribution in [0.1, 0.15) is 26.3 Å². The summed E-state index contributed by atoms with van der Waals surface area (Å²) in [7, 11) is 0. The van der Waals surface area contributed by atoms with Gasteiger partial charge in [0.1, 0.15) is 5.60 Å². The quantitative estimate of drug-likeness (QED) is 0.849. The van der Waals surface area contributed by atoms with Gasteiger partial charge in [0.25, 0.3) is 0 Å². The van der Waals surface area contributed by atoms with E-state index in [1.807, 2.05) is 45.0 Å². The van der Waals surface area contributed by atoms with Gasteiger partial charge in [-0.15, -0.1) is 0 Å². The third kappa shape index (κ3) is 2.90. The molecule has 0 bridgehead atoms. The van der Waals surface area contributed by atoms with E-state index in [0.717, 1.165) is 22.2 Å². The van der Waals surface area contributed by atoms with Gasteiger partial charge in [0.05, 0.1) is 11.0 Å². The van der Waals surface area contributed by atoms with Gasteiger partial charge in [0.15, 0.2) is 0 Å². The van der Waals surface area contributed by atoms with E-state index in [4.69, 9.17) is 4.74 Å². The number of aromatic amines is 2. The molecule has 6 nitrogen and oxygen atoms in total. The third-order valence-corrected chi connectivity index (χ3v) is 3.46. The van der Waals surface area contributed by atoms with Crippen LogP contribution in [-0.4, -0.2) is 39.7 Å². The maximum atomic E-state index is 12.1. The molecule has 3 rings (SSSR count). The molecule has 116 valence electrons. The molecule has 1 aromatic heterocycles. The monoisotopic (exact) mass is 301 g/mol. The lowest BCUT2D eigenvalue weighted by molar-refractivity contribution is 0.0306. The van der Waals surface area contributed by atoms with Crippen LogP contribution in [0.15, 0.2) is 29.1 Å². The highest BCUT2D eigenvalue weighted by Gasteiger charge is 2.25. The Kier molecular flexibility index (Phi) is 3.31. The van der Waals surface area contributed by atoms with E-state index in [1.54, 1.807) is 4.90 Å². The predicted molar refractivity (Wildman–Crippen MR) is 84.7 cm³/mol. The molecule has 0 radical (unpaired) electrons. The second kappa shape index (κ2) is 5.05. The Bertz CT molecular complexity index is 808. The minimum Gasteiger partial charge on any atom is -0.444 e. The lowest BCUT2D eigenvalue weighted by atomic mass is 10.1. The predicted octanol–water partition coefficient (Wildman–Crippen LogP) is 2.49. The van der Waals surface area contributed by atoms with Crippen molar-refractivity contribution in [1.82, 2.24) is 14.9 Å². The van der Waals surface area contributed by atoms with Gasteiger partial charge in [0, 0.05) is 13.1 Å². The van der Waals surface area contributed by atoms with Crippen LogP contribution in [0.25, 0.3) is 16.6 Å². The molecule has 22 heavy (non-hydrogen) atoms. The van der Waals surface area contributed by atoms with E-state index in [-0.39, 0.29) is 11.8 Å². The van der Waals surface area contributed by atoms with Crippen molar-refractivity contribution in [3.8, 4) is 0 Å². The second-order valence-electron chi connectivity index (χ2n) is 6.43. The summed E-state index contributed by atoms with van der Waals surface area (Å²) in [6.45, 7) is 6.60. The van der Waals surface area contributed by atoms with Gasteiger partial charge in [0.2, 0.25) is 0 Å². The molecule has 1 amide bonds. The molecule has 0 unspecified atom stereocenters. The molecule has 0 aliphatic carbocycles. The Balaban J connectivity index is 1.76. The van der Waals surface area contributed by atoms with Crippen LogP contribution >= 0.6 is 0 Å². The maximum absolute atomic E-state index is 12.1. The minimum atomic E-state index is -0.497. The number of carbonyl (C=O) groups excluding carboxylic acids is 1. The molecule has 1 aromatic carbocycles. The van der Waals surface area contributed by atoms with Crippen LogP contribution in [0.5, 0.6) is 0 Å². The maximum Gasteiger partial charge on any atom is 0.410 e. The van der Waals surface area contributed by atoms with E-state index in [2.05, 4.69) is 9.97 Å². The Hall–Kier alpha value is -2.50. The van der Waals surface area contributed by atoms with Crippen molar-refractivity contribution in [2.75, 3.05) is 13.1 Å². The van der Waals surface area contributed by atoms with Crippen LogP contribution in [0.2, 0.25) is 0 Å². The number of imidazole rings is 1. The molecule has 0 saturated heterocycles. The molecule has 0 atom stereocenters. The first-order chi connectivity index (χ1) is 10.3. The van der Waals surface area contributed by atoms with Gasteiger partial charge in [-0.3, -0.25) is 0 Å². The van der Waals surface area contributed by atoms with Crippen LogP contribution in [0.3, 0.4) is 0 Å². The van der Waals surface area contributed by atoms with Crippen molar-refractivity contribution in [2.45, 2.75) is 26.4 Å². The summed E-state index contributed by atoms with van der Waals surface area (Å²) in [5.74, 6) is 0. The van der Waals surface area contributed by atoms with E-state index in [1.165, 1.54) is 0 Å². The van der Waals surface area contributed by atoms with Crippen LogP contribution in [0.4, 0.5) is 4.79 Å². The van der Waals surface area contributed by atoms with E-state index >= 15 is 0 Å². The van der Waals surface area contributed by atoms with Gasteiger partial charge < -0.3 is 19.6 Å². The number of nitrogens with one attached hydrogen (secondary N) is 2. The van der Waals surface area contributed by atoms with Crippen molar-refractivity contribution in [2.24, 2.45) is 0 Å². The summed E-state index contributed by atoms with van der Waals surface area (Å²) in [6.07, 6.45) is 1.70. The first-order valence-corrected chi connectivity index (χ1v) is 7.21. The van der Waals surface area contributed by atoms with Crippen LogP contribution in [0, 0.1) is 0 Å². The number of rotatable bonds is 1. The smallest absolute Gasteiger partial charge is 0.410 e. The Morgan fingerprint density at radius 3 is 2.68 bits per heavy atom. The molecule has 1 aliphatic rings. The van der Waals surface area contributed by atoms with Crippen molar-refractivity contribution in [1.29, 1.82) is 0 Å². The minimum absolute atomic E-state index is 0.220. The molecule has 6 heteroatoms. The first-order valence-electron chi connectivity index (χ1n) is 7.21. The summed E-state index contributed by atoms with van der Waals surface area (Å²) in [5, 5.41) is 0. The normalized spacial score (nSPS) is 15.2. The largest absolute Gasteiger partial charge is 0.444 e. The summed E-state index contributed by atoms with van der Waals surface area (Å²) in [6, 6.07) is 5.72. The highest BCUT2D eigenvalue weighted by Crippen LogP contribution is 2.24. The Morgan fingerprint density at radius 1 is 1.23 bits per heavy atom. The molecule has 2 N–H and O–H groups in total. The molecular weight excluding hydrogens is 282 g/mol. The molecule has 1 aliphatic heterocycles. The van der Waals surface area contributed by atoms with Crippen molar-refractivity contribution >= 4 is 22.7 Å². The zero-order valence-corrected chi connectivity index (χ0v) is 12.9. The number of hydrogen-bond donors (Lipinski definition) is 2. The average Bonchev–Trinajstić information content (AvgIpc) is 3.00. The van der Waals surface area contributed by atoms with Gasteiger partial charge >= 0.3 is 11.8 Å². The lowest BCUT2D eigenvalue weighted by Gasteiger charge is -2.24. The fraction of sp³-hybridized carbons (Fsp3) is 0.375. The number of ether oxygens (including phenoxy) is 1. The van der Waals surface area contributed by atoms with Crippen molar-refractivity contribution in [3.05, 3.63) is 40.3 Å². The molecular formula is C16H19N3O3. The highest BCUT2D eigenvalue weighted by molar-refractivity contribution is 5.83. The molecule has 0 spiro atoms. The lowest BCUT2D eigenvalue weighted by Crippen LogP contribution is -2.35. The number of aromatic nitrogens is 2. The number of H-pyrrole nitrogens is 2. The fourth-order valence-corrected chi connectivity index (χ4v) is 2.46.